The lowest BCUT2D eigenvalue weighted by Gasteiger charge is -2.27. The highest BCUT2D eigenvalue weighted by Crippen LogP contribution is 2.08. The van der Waals surface area contributed by atoms with Gasteiger partial charge in [0.05, 0.1) is 6.61 Å². The third kappa shape index (κ3) is 4.00. The van der Waals surface area contributed by atoms with E-state index in [4.69, 9.17) is 4.74 Å². The maximum atomic E-state index is 12.2. The minimum absolute atomic E-state index is 0.174. The average Bonchev–Trinajstić information content (AvgIpc) is 2.17. The minimum atomic E-state index is -2.93. The molecule has 0 saturated heterocycles. The summed E-state index contributed by atoms with van der Waals surface area (Å²) < 4.78 is 29.1. The lowest BCUT2D eigenvalue weighted by molar-refractivity contribution is -0.145. The second-order valence-corrected chi connectivity index (χ2v) is 3.08. The summed E-state index contributed by atoms with van der Waals surface area (Å²) in [5.74, 6) is -1.11. The smallest absolute Gasteiger partial charge is 0.315 e. The van der Waals surface area contributed by atoms with Crippen LogP contribution in [0.1, 0.15) is 20.3 Å². The van der Waals surface area contributed by atoms with Gasteiger partial charge in [-0.25, -0.2) is 0 Å². The molecule has 14 heavy (non-hydrogen) atoms. The molecule has 0 N–H and O–H groups in total. The molecule has 0 bridgehead atoms. The van der Waals surface area contributed by atoms with Crippen LogP contribution >= 0.6 is 0 Å². The third-order valence-electron chi connectivity index (χ3n) is 2.13. The van der Waals surface area contributed by atoms with Gasteiger partial charge < -0.3 is 9.64 Å². The van der Waals surface area contributed by atoms with Crippen LogP contribution in [0.25, 0.3) is 0 Å². The van der Waals surface area contributed by atoms with Gasteiger partial charge in [0.15, 0.2) is 0 Å². The molecule has 1 amide bonds. The number of ether oxygens (including phenoxy) is 1. The van der Waals surface area contributed by atoms with Crippen LogP contribution in [0.5, 0.6) is 0 Å². The Morgan fingerprint density at radius 3 is 2.43 bits per heavy atom. The quantitative estimate of drug-likeness (QED) is 0.664. The Bertz CT molecular complexity index is 176. The Balaban J connectivity index is 4.30. The number of hydrogen-bond donors (Lipinski definition) is 0. The summed E-state index contributed by atoms with van der Waals surface area (Å²) in [6.07, 6.45) is -2.27. The number of rotatable bonds is 6. The summed E-state index contributed by atoms with van der Waals surface area (Å²) >= 11 is 0. The van der Waals surface area contributed by atoms with E-state index in [1.54, 1.807) is 6.92 Å². The van der Waals surface area contributed by atoms with Crippen LogP contribution in [0, 0.1) is 0 Å². The first kappa shape index (κ1) is 13.3. The van der Waals surface area contributed by atoms with Gasteiger partial charge in [0.2, 0.25) is 0 Å². The number of amides is 1. The molecule has 5 heteroatoms. The van der Waals surface area contributed by atoms with Crippen molar-refractivity contribution in [3.05, 3.63) is 0 Å². The Labute approximate surface area is 83.0 Å². The van der Waals surface area contributed by atoms with Crippen molar-refractivity contribution < 1.29 is 18.3 Å². The fraction of sp³-hybridized carbons (Fsp3) is 0.889. The Kier molecular flexibility index (Phi) is 6.36. The first-order valence-corrected chi connectivity index (χ1v) is 4.62. The molecule has 0 aliphatic carbocycles. The zero-order valence-electron chi connectivity index (χ0n) is 8.80. The van der Waals surface area contributed by atoms with E-state index in [-0.39, 0.29) is 19.2 Å². The van der Waals surface area contributed by atoms with E-state index in [0.29, 0.717) is 6.42 Å². The van der Waals surface area contributed by atoms with E-state index in [1.807, 2.05) is 6.92 Å². The maximum absolute atomic E-state index is 12.2. The zero-order chi connectivity index (χ0) is 11.1. The molecule has 1 atom stereocenters. The Morgan fingerprint density at radius 1 is 1.50 bits per heavy atom. The summed E-state index contributed by atoms with van der Waals surface area (Å²) in [4.78, 5) is 12.2. The average molecular weight is 209 g/mol. The first-order valence-electron chi connectivity index (χ1n) is 4.62. The van der Waals surface area contributed by atoms with E-state index in [9.17, 15) is 13.6 Å². The second-order valence-electron chi connectivity index (χ2n) is 3.08. The Morgan fingerprint density at radius 2 is 2.07 bits per heavy atom. The van der Waals surface area contributed by atoms with E-state index in [0.717, 1.165) is 4.90 Å². The topological polar surface area (TPSA) is 29.5 Å². The molecule has 0 heterocycles. The SMILES string of the molecule is CCC(C)N(CCOC)C(=O)C(F)F. The van der Waals surface area contributed by atoms with Crippen molar-refractivity contribution in [2.24, 2.45) is 0 Å². The van der Waals surface area contributed by atoms with Crippen LogP contribution in [-0.4, -0.2) is 43.5 Å². The molecule has 1 unspecified atom stereocenters. The van der Waals surface area contributed by atoms with E-state index in [1.165, 1.54) is 7.11 Å². The summed E-state index contributed by atoms with van der Waals surface area (Å²) in [5, 5.41) is 0. The fourth-order valence-electron chi connectivity index (χ4n) is 1.08. The largest absolute Gasteiger partial charge is 0.383 e. The number of alkyl halides is 2. The van der Waals surface area contributed by atoms with Gasteiger partial charge in [-0.05, 0) is 13.3 Å². The predicted molar refractivity (Wildman–Crippen MR) is 49.3 cm³/mol. The fourth-order valence-corrected chi connectivity index (χ4v) is 1.08. The van der Waals surface area contributed by atoms with Crippen molar-refractivity contribution >= 4 is 5.91 Å². The van der Waals surface area contributed by atoms with E-state index in [2.05, 4.69) is 0 Å². The van der Waals surface area contributed by atoms with E-state index >= 15 is 0 Å². The maximum Gasteiger partial charge on any atom is 0.315 e. The molecule has 0 aromatic heterocycles. The number of halogens is 2. The first-order chi connectivity index (χ1) is 6.54. The highest BCUT2D eigenvalue weighted by molar-refractivity contribution is 5.79. The lowest BCUT2D eigenvalue weighted by Crippen LogP contribution is -2.43. The second kappa shape index (κ2) is 6.70. The lowest BCUT2D eigenvalue weighted by atomic mass is 10.2. The van der Waals surface area contributed by atoms with E-state index < -0.39 is 12.3 Å². The number of carbonyl (C=O) groups is 1. The van der Waals surface area contributed by atoms with Crippen molar-refractivity contribution in [3.63, 3.8) is 0 Å². The van der Waals surface area contributed by atoms with Gasteiger partial charge in [0.25, 0.3) is 5.91 Å². The molecule has 0 rings (SSSR count). The van der Waals surface area contributed by atoms with Crippen LogP contribution < -0.4 is 0 Å². The molecule has 0 aliphatic rings. The summed E-state index contributed by atoms with van der Waals surface area (Å²) in [5.41, 5.74) is 0. The molecular formula is C9H17F2NO2. The van der Waals surface area contributed by atoms with Gasteiger partial charge >= 0.3 is 6.43 Å². The molecule has 0 fully saturated rings. The van der Waals surface area contributed by atoms with Gasteiger partial charge in [-0.15, -0.1) is 0 Å². The van der Waals surface area contributed by atoms with Crippen molar-refractivity contribution in [3.8, 4) is 0 Å². The van der Waals surface area contributed by atoms with Crippen LogP contribution in [0.3, 0.4) is 0 Å². The van der Waals surface area contributed by atoms with Crippen molar-refractivity contribution in [1.29, 1.82) is 0 Å². The van der Waals surface area contributed by atoms with Gasteiger partial charge in [0, 0.05) is 19.7 Å². The van der Waals surface area contributed by atoms with Gasteiger partial charge in [-0.3, -0.25) is 4.79 Å². The highest BCUT2D eigenvalue weighted by Gasteiger charge is 2.25. The Hall–Kier alpha value is -0.710. The summed E-state index contributed by atoms with van der Waals surface area (Å²) in [6.45, 7) is 4.09. The van der Waals surface area contributed by atoms with Gasteiger partial charge in [0.1, 0.15) is 0 Å². The molecular weight excluding hydrogens is 192 g/mol. The molecule has 0 aliphatic heterocycles. The number of methoxy groups -OCH3 is 1. The summed E-state index contributed by atoms with van der Waals surface area (Å²) in [7, 11) is 1.47. The number of carbonyl (C=O) groups excluding carboxylic acids is 1. The van der Waals surface area contributed by atoms with Crippen molar-refractivity contribution in [2.75, 3.05) is 20.3 Å². The monoisotopic (exact) mass is 209 g/mol. The predicted octanol–water partition coefficient (Wildman–Crippen LogP) is 1.52. The molecule has 0 saturated carbocycles. The standard InChI is InChI=1S/C9H17F2NO2/c1-4-7(2)12(5-6-14-3)9(13)8(10)11/h7-8H,4-6H2,1-3H3. The minimum Gasteiger partial charge on any atom is -0.383 e. The van der Waals surface area contributed by atoms with Gasteiger partial charge in [-0.2, -0.15) is 8.78 Å². The molecule has 0 aromatic carbocycles. The van der Waals surface area contributed by atoms with Crippen molar-refractivity contribution in [1.82, 2.24) is 4.90 Å². The van der Waals surface area contributed by atoms with Crippen molar-refractivity contribution in [2.45, 2.75) is 32.7 Å². The molecule has 0 radical (unpaired) electrons. The van der Waals surface area contributed by atoms with Crippen LogP contribution in [0.15, 0.2) is 0 Å². The molecule has 0 spiro atoms. The van der Waals surface area contributed by atoms with Crippen LogP contribution in [-0.2, 0) is 9.53 Å². The number of hydrogen-bond acceptors (Lipinski definition) is 2. The number of nitrogens with zero attached hydrogens (tertiary/aromatic N) is 1. The normalized spacial score (nSPS) is 13.0. The zero-order valence-corrected chi connectivity index (χ0v) is 8.80. The van der Waals surface area contributed by atoms with Crippen LogP contribution in [0.2, 0.25) is 0 Å². The molecule has 0 aromatic rings. The highest BCUT2D eigenvalue weighted by atomic mass is 19.3. The molecule has 84 valence electrons. The third-order valence-corrected chi connectivity index (χ3v) is 2.13. The van der Waals surface area contributed by atoms with Crippen LogP contribution in [0.4, 0.5) is 8.78 Å². The van der Waals surface area contributed by atoms with Gasteiger partial charge in [-0.1, -0.05) is 6.92 Å². The summed E-state index contributed by atoms with van der Waals surface area (Å²) in [6, 6.07) is -0.174. The molecule has 3 nitrogen and oxygen atoms in total.